The summed E-state index contributed by atoms with van der Waals surface area (Å²) in [6.07, 6.45) is 8.36. The number of thiazole rings is 2. The third-order valence-electron chi connectivity index (χ3n) is 4.14. The van der Waals surface area contributed by atoms with E-state index in [4.69, 9.17) is 9.72 Å². The van der Waals surface area contributed by atoms with Crippen LogP contribution in [0, 0.1) is 0 Å². The van der Waals surface area contributed by atoms with Crippen LogP contribution in [0.1, 0.15) is 37.1 Å². The molecule has 0 spiro atoms. The zero-order valence-corrected chi connectivity index (χ0v) is 14.5. The highest BCUT2D eigenvalue weighted by Gasteiger charge is 2.15. The topological polar surface area (TPSA) is 47.0 Å². The monoisotopic (exact) mass is 345 g/mol. The summed E-state index contributed by atoms with van der Waals surface area (Å²) < 4.78 is 6.99. The molecule has 0 aliphatic heterocycles. The maximum Gasteiger partial charge on any atom is 0.184 e. The third-order valence-corrected chi connectivity index (χ3v) is 5.84. The molecule has 1 fully saturated rings. The fraction of sp³-hybridized carbons (Fsp3) is 0.412. The second kappa shape index (κ2) is 6.84. The molecule has 3 aromatic rings. The first-order valence-electron chi connectivity index (χ1n) is 8.05. The normalized spacial score (nSPS) is 15.8. The van der Waals surface area contributed by atoms with Gasteiger partial charge in [-0.15, -0.1) is 11.3 Å². The van der Waals surface area contributed by atoms with Gasteiger partial charge in [-0.1, -0.05) is 30.6 Å². The van der Waals surface area contributed by atoms with Crippen molar-refractivity contribution in [2.24, 2.45) is 0 Å². The number of aromatic nitrogens is 2. The standard InChI is InChI=1S/C17H19N3OS2/c1-2-4-12(5-3-1)19-17-20-14-7-6-13(10-15(14)23-17)21-11-16-18-8-9-22-16/h6-10,12H,1-5,11H2,(H,19,20). The Balaban J connectivity index is 1.45. The SMILES string of the molecule is c1csc(COc2ccc3nc(NC4CCCCC4)sc3c2)n1. The molecular weight excluding hydrogens is 326 g/mol. The maximum atomic E-state index is 5.82. The summed E-state index contributed by atoms with van der Waals surface area (Å²) in [6.45, 7) is 0.523. The summed E-state index contributed by atoms with van der Waals surface area (Å²) in [6, 6.07) is 6.69. The molecule has 1 saturated carbocycles. The molecule has 4 nitrogen and oxygen atoms in total. The zero-order valence-electron chi connectivity index (χ0n) is 12.8. The van der Waals surface area contributed by atoms with Gasteiger partial charge in [0.2, 0.25) is 0 Å². The van der Waals surface area contributed by atoms with Crippen molar-refractivity contribution < 1.29 is 4.74 Å². The number of benzene rings is 1. The van der Waals surface area contributed by atoms with Crippen LogP contribution in [0.3, 0.4) is 0 Å². The van der Waals surface area contributed by atoms with Gasteiger partial charge in [-0.2, -0.15) is 0 Å². The van der Waals surface area contributed by atoms with E-state index in [0.717, 1.165) is 21.4 Å². The number of fused-ring (bicyclic) bond motifs is 1. The molecule has 1 aliphatic carbocycles. The second-order valence-corrected chi connectivity index (χ2v) is 7.85. The van der Waals surface area contributed by atoms with Crippen LogP contribution in [0.4, 0.5) is 5.13 Å². The predicted molar refractivity (Wildman–Crippen MR) is 96.6 cm³/mol. The summed E-state index contributed by atoms with van der Waals surface area (Å²) in [5.74, 6) is 0.876. The van der Waals surface area contributed by atoms with E-state index in [9.17, 15) is 0 Å². The van der Waals surface area contributed by atoms with Gasteiger partial charge >= 0.3 is 0 Å². The lowest BCUT2D eigenvalue weighted by Crippen LogP contribution is -2.21. The second-order valence-electron chi connectivity index (χ2n) is 5.84. The Kier molecular flexibility index (Phi) is 4.43. The summed E-state index contributed by atoms with van der Waals surface area (Å²) in [5.41, 5.74) is 1.04. The Bertz CT molecular complexity index is 763. The van der Waals surface area contributed by atoms with Gasteiger partial charge in [0.15, 0.2) is 5.13 Å². The number of ether oxygens (including phenoxy) is 1. The number of anilines is 1. The molecule has 2 heterocycles. The van der Waals surface area contributed by atoms with Gasteiger partial charge in [-0.25, -0.2) is 9.97 Å². The van der Waals surface area contributed by atoms with Crippen molar-refractivity contribution in [2.45, 2.75) is 44.8 Å². The van der Waals surface area contributed by atoms with Crippen LogP contribution in [0.5, 0.6) is 5.75 Å². The Hall–Kier alpha value is -1.66. The predicted octanol–water partition coefficient (Wildman–Crippen LogP) is 5.08. The summed E-state index contributed by atoms with van der Waals surface area (Å²) in [5, 5.41) is 7.59. The van der Waals surface area contributed by atoms with Crippen LogP contribution in [-0.4, -0.2) is 16.0 Å². The largest absolute Gasteiger partial charge is 0.486 e. The maximum absolute atomic E-state index is 5.82. The van der Waals surface area contributed by atoms with Gasteiger partial charge in [0.25, 0.3) is 0 Å². The van der Waals surface area contributed by atoms with Crippen molar-refractivity contribution in [3.8, 4) is 5.75 Å². The first-order chi connectivity index (χ1) is 11.4. The van der Waals surface area contributed by atoms with Crippen molar-refractivity contribution in [1.82, 2.24) is 9.97 Å². The van der Waals surface area contributed by atoms with E-state index in [1.54, 1.807) is 28.9 Å². The van der Waals surface area contributed by atoms with Crippen LogP contribution in [0.2, 0.25) is 0 Å². The van der Waals surface area contributed by atoms with Crippen molar-refractivity contribution in [2.75, 3.05) is 5.32 Å². The van der Waals surface area contributed by atoms with Gasteiger partial charge in [-0.05, 0) is 31.0 Å². The lowest BCUT2D eigenvalue weighted by molar-refractivity contribution is 0.306. The minimum absolute atomic E-state index is 0.523. The third kappa shape index (κ3) is 3.64. The Labute approximate surface area is 143 Å². The van der Waals surface area contributed by atoms with Crippen LogP contribution in [0.15, 0.2) is 29.8 Å². The van der Waals surface area contributed by atoms with Crippen LogP contribution in [0.25, 0.3) is 10.2 Å². The highest BCUT2D eigenvalue weighted by Crippen LogP contribution is 2.31. The molecule has 4 rings (SSSR count). The van der Waals surface area contributed by atoms with E-state index in [1.165, 1.54) is 36.8 Å². The first kappa shape index (κ1) is 14.9. The van der Waals surface area contributed by atoms with E-state index in [-0.39, 0.29) is 0 Å². The Morgan fingerprint density at radius 1 is 1.22 bits per heavy atom. The summed E-state index contributed by atoms with van der Waals surface area (Å²) in [7, 11) is 0. The minimum atomic E-state index is 0.523. The van der Waals surface area contributed by atoms with Crippen LogP contribution < -0.4 is 10.1 Å². The van der Waals surface area contributed by atoms with Gasteiger partial charge in [0.05, 0.1) is 10.2 Å². The van der Waals surface area contributed by atoms with Crippen LogP contribution >= 0.6 is 22.7 Å². The van der Waals surface area contributed by atoms with Crippen molar-refractivity contribution in [3.63, 3.8) is 0 Å². The Morgan fingerprint density at radius 3 is 2.96 bits per heavy atom. The molecule has 1 aliphatic rings. The highest BCUT2D eigenvalue weighted by atomic mass is 32.1. The average molecular weight is 345 g/mol. The molecule has 2 aromatic heterocycles. The molecule has 1 N–H and O–H groups in total. The van der Waals surface area contributed by atoms with Crippen LogP contribution in [-0.2, 0) is 6.61 Å². The van der Waals surface area contributed by atoms with E-state index < -0.39 is 0 Å². The number of nitrogens with zero attached hydrogens (tertiary/aromatic N) is 2. The van der Waals surface area contributed by atoms with E-state index in [1.807, 2.05) is 17.5 Å². The molecule has 0 amide bonds. The molecule has 0 unspecified atom stereocenters. The molecule has 0 bridgehead atoms. The fourth-order valence-corrected chi connectivity index (χ4v) is 4.45. The molecule has 0 atom stereocenters. The summed E-state index contributed by atoms with van der Waals surface area (Å²) in [4.78, 5) is 8.94. The highest BCUT2D eigenvalue weighted by molar-refractivity contribution is 7.22. The summed E-state index contributed by atoms with van der Waals surface area (Å²) >= 11 is 3.33. The zero-order chi connectivity index (χ0) is 15.5. The van der Waals surface area contributed by atoms with Gasteiger partial charge in [0.1, 0.15) is 17.4 Å². The molecular formula is C17H19N3OS2. The van der Waals surface area contributed by atoms with Gasteiger partial charge in [-0.3, -0.25) is 0 Å². The first-order valence-corrected chi connectivity index (χ1v) is 9.75. The fourth-order valence-electron chi connectivity index (χ4n) is 2.95. The molecule has 120 valence electrons. The van der Waals surface area contributed by atoms with Crippen molar-refractivity contribution in [1.29, 1.82) is 0 Å². The van der Waals surface area contributed by atoms with E-state index in [0.29, 0.717) is 12.6 Å². The lowest BCUT2D eigenvalue weighted by Gasteiger charge is -2.22. The molecule has 6 heteroatoms. The molecule has 23 heavy (non-hydrogen) atoms. The average Bonchev–Trinajstić information content (AvgIpc) is 3.22. The van der Waals surface area contributed by atoms with Crippen molar-refractivity contribution >= 4 is 38.0 Å². The number of hydrogen-bond donors (Lipinski definition) is 1. The van der Waals surface area contributed by atoms with Gasteiger partial charge < -0.3 is 10.1 Å². The molecule has 0 radical (unpaired) electrons. The van der Waals surface area contributed by atoms with Gasteiger partial charge in [0, 0.05) is 17.6 Å². The quantitative estimate of drug-likeness (QED) is 0.701. The number of hydrogen-bond acceptors (Lipinski definition) is 6. The number of rotatable bonds is 5. The molecule has 0 saturated heterocycles. The molecule has 1 aromatic carbocycles. The van der Waals surface area contributed by atoms with E-state index in [2.05, 4.69) is 16.4 Å². The number of nitrogens with one attached hydrogen (secondary N) is 1. The smallest absolute Gasteiger partial charge is 0.184 e. The lowest BCUT2D eigenvalue weighted by atomic mass is 9.96. The van der Waals surface area contributed by atoms with E-state index >= 15 is 0 Å². The Morgan fingerprint density at radius 2 is 2.13 bits per heavy atom. The minimum Gasteiger partial charge on any atom is -0.486 e. The van der Waals surface area contributed by atoms with Crippen molar-refractivity contribution in [3.05, 3.63) is 34.8 Å².